The summed E-state index contributed by atoms with van der Waals surface area (Å²) >= 11 is 0. The first kappa shape index (κ1) is 16.5. The Balaban J connectivity index is 2.31. The van der Waals surface area contributed by atoms with Gasteiger partial charge in [-0.1, -0.05) is 64.9 Å². The van der Waals surface area contributed by atoms with Gasteiger partial charge in [0.15, 0.2) is 0 Å². The summed E-state index contributed by atoms with van der Waals surface area (Å²) in [6.45, 7) is 4.65. The minimum atomic E-state index is 0.355. The normalized spacial score (nSPS) is 17.0. The molecule has 0 aromatic carbocycles. The van der Waals surface area contributed by atoms with Crippen molar-refractivity contribution in [2.75, 3.05) is 0 Å². The Morgan fingerprint density at radius 3 is 2.19 bits per heavy atom. The number of rotatable bonds is 8. The number of pyridine rings is 1. The minimum absolute atomic E-state index is 0.355. The Hall–Kier alpha value is -0.850. The molecule has 1 fully saturated rings. The molecule has 0 unspecified atom stereocenters. The van der Waals surface area contributed by atoms with Crippen molar-refractivity contribution in [2.24, 2.45) is 5.92 Å². The summed E-state index contributed by atoms with van der Waals surface area (Å²) in [6.07, 6.45) is 17.1. The Morgan fingerprint density at radius 1 is 1.00 bits per heavy atom. The summed E-state index contributed by atoms with van der Waals surface area (Å²) in [6, 6.07) is 6.56. The van der Waals surface area contributed by atoms with Crippen molar-refractivity contribution in [2.45, 2.75) is 89.9 Å². The summed E-state index contributed by atoms with van der Waals surface area (Å²) in [5.74, 6) is 0.860. The maximum absolute atomic E-state index is 4.83. The molecule has 21 heavy (non-hydrogen) atoms. The van der Waals surface area contributed by atoms with Crippen LogP contribution in [-0.2, 0) is 5.41 Å². The predicted molar refractivity (Wildman–Crippen MR) is 91.5 cm³/mol. The standard InChI is InChI=1S/C20H33N/c1-3-5-15-20(16-6-4-2,18-12-8-7-9-13-18)19-14-10-11-17-21-19/h10-11,14,17-18H,3-9,12-13,15-16H2,1-2H3. The maximum Gasteiger partial charge on any atom is 0.0468 e. The third kappa shape index (κ3) is 4.08. The van der Waals surface area contributed by atoms with Gasteiger partial charge in [-0.05, 0) is 43.7 Å². The topological polar surface area (TPSA) is 12.9 Å². The highest BCUT2D eigenvalue weighted by Gasteiger charge is 2.40. The van der Waals surface area contributed by atoms with Crippen molar-refractivity contribution in [1.29, 1.82) is 0 Å². The Morgan fingerprint density at radius 2 is 1.67 bits per heavy atom. The minimum Gasteiger partial charge on any atom is -0.261 e. The second-order valence-corrected chi connectivity index (χ2v) is 6.91. The molecule has 0 amide bonds. The third-order valence-electron chi connectivity index (χ3n) is 5.51. The summed E-state index contributed by atoms with van der Waals surface area (Å²) in [5, 5.41) is 0. The van der Waals surface area contributed by atoms with Gasteiger partial charge in [-0.2, -0.15) is 0 Å². The van der Waals surface area contributed by atoms with Crippen LogP contribution in [0.2, 0.25) is 0 Å². The van der Waals surface area contributed by atoms with Crippen molar-refractivity contribution in [3.05, 3.63) is 30.1 Å². The van der Waals surface area contributed by atoms with Gasteiger partial charge < -0.3 is 0 Å². The quantitative estimate of drug-likeness (QED) is 0.548. The van der Waals surface area contributed by atoms with Crippen LogP contribution in [0.1, 0.15) is 90.2 Å². The van der Waals surface area contributed by atoms with Crippen LogP contribution >= 0.6 is 0 Å². The molecule has 0 spiro atoms. The molecule has 0 atom stereocenters. The monoisotopic (exact) mass is 287 g/mol. The molecule has 0 radical (unpaired) electrons. The number of hydrogen-bond donors (Lipinski definition) is 0. The molecule has 1 heterocycles. The molecule has 2 rings (SSSR count). The lowest BCUT2D eigenvalue weighted by atomic mass is 9.62. The molecule has 1 aromatic rings. The first-order valence-corrected chi connectivity index (χ1v) is 9.25. The SMILES string of the molecule is CCCCC(CCCC)(c1ccccn1)C1CCCCC1. The van der Waals surface area contributed by atoms with Gasteiger partial charge in [-0.3, -0.25) is 4.98 Å². The molecule has 0 aliphatic heterocycles. The van der Waals surface area contributed by atoms with Crippen molar-refractivity contribution < 1.29 is 0 Å². The fourth-order valence-electron chi connectivity index (χ4n) is 4.30. The maximum atomic E-state index is 4.83. The van der Waals surface area contributed by atoms with E-state index in [2.05, 4.69) is 32.0 Å². The van der Waals surface area contributed by atoms with E-state index in [1.165, 1.54) is 76.3 Å². The van der Waals surface area contributed by atoms with E-state index < -0.39 is 0 Å². The molecule has 1 nitrogen and oxygen atoms in total. The average Bonchev–Trinajstić information content (AvgIpc) is 2.57. The lowest BCUT2D eigenvalue weighted by Crippen LogP contribution is -2.37. The zero-order valence-electron chi connectivity index (χ0n) is 14.1. The van der Waals surface area contributed by atoms with E-state index in [0.717, 1.165) is 5.92 Å². The van der Waals surface area contributed by atoms with E-state index in [1.807, 2.05) is 6.20 Å². The van der Waals surface area contributed by atoms with Crippen LogP contribution in [0, 0.1) is 5.92 Å². The van der Waals surface area contributed by atoms with Crippen LogP contribution in [0.25, 0.3) is 0 Å². The van der Waals surface area contributed by atoms with Crippen molar-refractivity contribution in [3.8, 4) is 0 Å². The van der Waals surface area contributed by atoms with E-state index >= 15 is 0 Å². The molecular formula is C20H33N. The van der Waals surface area contributed by atoms with Crippen LogP contribution in [0.4, 0.5) is 0 Å². The number of unbranched alkanes of at least 4 members (excludes halogenated alkanes) is 2. The number of nitrogens with zero attached hydrogens (tertiary/aromatic N) is 1. The highest BCUT2D eigenvalue weighted by Crippen LogP contribution is 2.47. The fourth-order valence-corrected chi connectivity index (χ4v) is 4.30. The summed E-state index contributed by atoms with van der Waals surface area (Å²) in [4.78, 5) is 4.83. The molecular weight excluding hydrogens is 254 g/mol. The van der Waals surface area contributed by atoms with E-state index in [9.17, 15) is 0 Å². The van der Waals surface area contributed by atoms with Gasteiger partial charge in [0.25, 0.3) is 0 Å². The van der Waals surface area contributed by atoms with E-state index in [4.69, 9.17) is 4.98 Å². The summed E-state index contributed by atoms with van der Waals surface area (Å²) in [5.41, 5.74) is 1.74. The van der Waals surface area contributed by atoms with Crippen LogP contribution in [0.5, 0.6) is 0 Å². The zero-order chi connectivity index (χ0) is 15.0. The zero-order valence-corrected chi connectivity index (χ0v) is 14.1. The van der Waals surface area contributed by atoms with E-state index in [-0.39, 0.29) is 0 Å². The summed E-state index contributed by atoms with van der Waals surface area (Å²) < 4.78 is 0. The third-order valence-corrected chi connectivity index (χ3v) is 5.51. The molecule has 118 valence electrons. The largest absolute Gasteiger partial charge is 0.261 e. The fraction of sp³-hybridized carbons (Fsp3) is 0.750. The van der Waals surface area contributed by atoms with Crippen molar-refractivity contribution >= 4 is 0 Å². The molecule has 1 saturated carbocycles. The van der Waals surface area contributed by atoms with Crippen LogP contribution in [0.15, 0.2) is 24.4 Å². The second-order valence-electron chi connectivity index (χ2n) is 6.91. The molecule has 1 aromatic heterocycles. The molecule has 1 aliphatic rings. The Labute approximate surface area is 131 Å². The average molecular weight is 287 g/mol. The molecule has 1 heteroatoms. The van der Waals surface area contributed by atoms with Crippen LogP contribution < -0.4 is 0 Å². The predicted octanol–water partition coefficient (Wildman–Crippen LogP) is 6.28. The first-order valence-electron chi connectivity index (χ1n) is 9.25. The Kier molecular flexibility index (Phi) is 6.73. The highest BCUT2D eigenvalue weighted by molar-refractivity contribution is 5.19. The van der Waals surface area contributed by atoms with Gasteiger partial charge in [-0.25, -0.2) is 0 Å². The summed E-state index contributed by atoms with van der Waals surface area (Å²) in [7, 11) is 0. The van der Waals surface area contributed by atoms with Crippen molar-refractivity contribution in [1.82, 2.24) is 4.98 Å². The van der Waals surface area contributed by atoms with Crippen molar-refractivity contribution in [3.63, 3.8) is 0 Å². The smallest absolute Gasteiger partial charge is 0.0468 e. The molecule has 0 bridgehead atoms. The van der Waals surface area contributed by atoms with Crippen LogP contribution in [-0.4, -0.2) is 4.98 Å². The van der Waals surface area contributed by atoms with Gasteiger partial charge in [-0.15, -0.1) is 0 Å². The van der Waals surface area contributed by atoms with Gasteiger partial charge in [0, 0.05) is 17.3 Å². The molecule has 1 aliphatic carbocycles. The van der Waals surface area contributed by atoms with Gasteiger partial charge in [0.1, 0.15) is 0 Å². The van der Waals surface area contributed by atoms with Crippen LogP contribution in [0.3, 0.4) is 0 Å². The van der Waals surface area contributed by atoms with Gasteiger partial charge in [0.05, 0.1) is 0 Å². The van der Waals surface area contributed by atoms with E-state index in [1.54, 1.807) is 0 Å². The lowest BCUT2D eigenvalue weighted by Gasteiger charge is -2.43. The van der Waals surface area contributed by atoms with Gasteiger partial charge >= 0.3 is 0 Å². The number of hydrogen-bond acceptors (Lipinski definition) is 1. The lowest BCUT2D eigenvalue weighted by molar-refractivity contribution is 0.164. The number of aromatic nitrogens is 1. The molecule has 0 saturated heterocycles. The highest BCUT2D eigenvalue weighted by atomic mass is 14.7. The first-order chi connectivity index (χ1) is 10.3. The molecule has 0 N–H and O–H groups in total. The van der Waals surface area contributed by atoms with Gasteiger partial charge in [0.2, 0.25) is 0 Å². The second kappa shape index (κ2) is 8.56. The van der Waals surface area contributed by atoms with E-state index in [0.29, 0.717) is 5.41 Å². The Bertz CT molecular complexity index is 370.